The van der Waals surface area contributed by atoms with Gasteiger partial charge in [0.2, 0.25) is 0 Å². The van der Waals surface area contributed by atoms with Crippen molar-refractivity contribution >= 4 is 32.4 Å². The highest BCUT2D eigenvalue weighted by molar-refractivity contribution is 9.10. The van der Waals surface area contributed by atoms with E-state index in [1.54, 1.807) is 0 Å². The molecule has 0 fully saturated rings. The first-order chi connectivity index (χ1) is 7.68. The number of allylic oxidation sites excluding steroid dienone is 1. The Morgan fingerprint density at radius 3 is 2.94 bits per heavy atom. The minimum absolute atomic E-state index is 1.14. The minimum Gasteiger partial charge on any atom is -0.347 e. The smallest absolute Gasteiger partial charge is 0.0497 e. The average molecular weight is 276 g/mol. The van der Waals surface area contributed by atoms with Gasteiger partial charge in [0.05, 0.1) is 0 Å². The van der Waals surface area contributed by atoms with Crippen molar-refractivity contribution in [3.63, 3.8) is 0 Å². The molecule has 2 heteroatoms. The van der Waals surface area contributed by atoms with E-state index in [1.807, 2.05) is 0 Å². The van der Waals surface area contributed by atoms with E-state index in [4.69, 9.17) is 0 Å². The Kier molecular flexibility index (Phi) is 2.21. The molecule has 0 saturated carbocycles. The maximum absolute atomic E-state index is 4.22. The summed E-state index contributed by atoms with van der Waals surface area (Å²) in [6.07, 6.45) is 3.55. The van der Waals surface area contributed by atoms with Crippen LogP contribution in [-0.2, 0) is 13.5 Å². The Hall–Kier alpha value is -1.02. The van der Waals surface area contributed by atoms with E-state index in [0.29, 0.717) is 0 Å². The number of halogens is 1. The largest absolute Gasteiger partial charge is 0.347 e. The number of fused-ring (bicyclic) bond motifs is 3. The first kappa shape index (κ1) is 10.2. The number of rotatable bonds is 0. The highest BCUT2D eigenvalue weighted by Gasteiger charge is 2.20. The van der Waals surface area contributed by atoms with Crippen molar-refractivity contribution in [2.75, 3.05) is 0 Å². The lowest BCUT2D eigenvalue weighted by Gasteiger charge is -2.15. The highest BCUT2D eigenvalue weighted by Crippen LogP contribution is 2.37. The zero-order valence-electron chi connectivity index (χ0n) is 9.39. The van der Waals surface area contributed by atoms with Gasteiger partial charge in [-0.25, -0.2) is 0 Å². The third-order valence-electron chi connectivity index (χ3n) is 3.53. The van der Waals surface area contributed by atoms with Crippen molar-refractivity contribution in [3.8, 4) is 0 Å². The molecule has 0 radical (unpaired) electrons. The van der Waals surface area contributed by atoms with Crippen molar-refractivity contribution < 1.29 is 0 Å². The molecule has 1 aromatic heterocycles. The summed E-state index contributed by atoms with van der Waals surface area (Å²) in [7, 11) is 2.16. The zero-order valence-corrected chi connectivity index (χ0v) is 11.0. The number of aryl methyl sites for hydroxylation is 1. The Labute approximate surface area is 104 Å². The van der Waals surface area contributed by atoms with Gasteiger partial charge in [-0.05, 0) is 37.0 Å². The van der Waals surface area contributed by atoms with Crippen LogP contribution in [-0.4, -0.2) is 4.57 Å². The molecule has 1 heterocycles. The second-order valence-corrected chi connectivity index (χ2v) is 5.41. The maximum Gasteiger partial charge on any atom is 0.0497 e. The molecule has 16 heavy (non-hydrogen) atoms. The molecule has 1 nitrogen and oxygen atoms in total. The first-order valence-electron chi connectivity index (χ1n) is 5.63. The molecule has 0 unspecified atom stereocenters. The second kappa shape index (κ2) is 3.49. The molecule has 0 aliphatic heterocycles. The van der Waals surface area contributed by atoms with E-state index in [0.717, 1.165) is 10.9 Å². The number of hydrogen-bond donors (Lipinski definition) is 0. The highest BCUT2D eigenvalue weighted by atomic mass is 79.9. The molecule has 0 N–H and O–H groups in total. The van der Waals surface area contributed by atoms with E-state index in [1.165, 1.54) is 40.6 Å². The molecular formula is C14H14BrN. The number of nitrogens with zero attached hydrogens (tertiary/aromatic N) is 1. The summed E-state index contributed by atoms with van der Waals surface area (Å²) in [6.45, 7) is 4.22. The van der Waals surface area contributed by atoms with Crippen molar-refractivity contribution in [1.82, 2.24) is 4.57 Å². The predicted octanol–water partition coefficient (Wildman–Crippen LogP) is 4.29. The summed E-state index contributed by atoms with van der Waals surface area (Å²) in [6, 6.07) is 6.51. The van der Waals surface area contributed by atoms with Crippen molar-refractivity contribution in [3.05, 3.63) is 40.5 Å². The van der Waals surface area contributed by atoms with Gasteiger partial charge in [-0.1, -0.05) is 28.6 Å². The van der Waals surface area contributed by atoms with Gasteiger partial charge in [-0.3, -0.25) is 0 Å². The van der Waals surface area contributed by atoms with E-state index in [-0.39, 0.29) is 0 Å². The number of benzene rings is 1. The Bertz CT molecular complexity index is 592. The molecule has 3 rings (SSSR count). The minimum atomic E-state index is 1.14. The number of aromatic nitrogens is 1. The summed E-state index contributed by atoms with van der Waals surface area (Å²) >= 11 is 3.54. The average Bonchev–Trinajstić information content (AvgIpc) is 2.55. The predicted molar refractivity (Wildman–Crippen MR) is 72.6 cm³/mol. The van der Waals surface area contributed by atoms with Crippen molar-refractivity contribution in [2.24, 2.45) is 7.05 Å². The molecular weight excluding hydrogens is 262 g/mol. The van der Waals surface area contributed by atoms with Crippen LogP contribution in [0.15, 0.2) is 29.3 Å². The first-order valence-corrected chi connectivity index (χ1v) is 6.43. The molecule has 82 valence electrons. The van der Waals surface area contributed by atoms with Gasteiger partial charge in [0, 0.05) is 33.7 Å². The normalized spacial score (nSPS) is 15.5. The van der Waals surface area contributed by atoms with Gasteiger partial charge in [0.25, 0.3) is 0 Å². The van der Waals surface area contributed by atoms with Crippen LogP contribution in [0.4, 0.5) is 0 Å². The summed E-state index contributed by atoms with van der Waals surface area (Å²) in [4.78, 5) is 0. The fraction of sp³-hybridized carbons (Fsp3) is 0.286. The Morgan fingerprint density at radius 2 is 2.12 bits per heavy atom. The van der Waals surface area contributed by atoms with Crippen molar-refractivity contribution in [2.45, 2.75) is 19.3 Å². The molecule has 0 amide bonds. The van der Waals surface area contributed by atoms with Gasteiger partial charge in [-0.2, -0.15) is 0 Å². The zero-order chi connectivity index (χ0) is 11.3. The summed E-state index contributed by atoms with van der Waals surface area (Å²) in [5.41, 5.74) is 5.46. The van der Waals surface area contributed by atoms with Gasteiger partial charge in [0.15, 0.2) is 0 Å². The Morgan fingerprint density at radius 1 is 1.31 bits per heavy atom. The lowest BCUT2D eigenvalue weighted by Crippen LogP contribution is -2.03. The summed E-state index contributed by atoms with van der Waals surface area (Å²) in [5.74, 6) is 0. The summed E-state index contributed by atoms with van der Waals surface area (Å²) < 4.78 is 3.46. The Balaban J connectivity index is 2.44. The molecule has 1 aliphatic carbocycles. The van der Waals surface area contributed by atoms with E-state index in [9.17, 15) is 0 Å². The molecule has 0 bridgehead atoms. The van der Waals surface area contributed by atoms with Crippen LogP contribution in [0.3, 0.4) is 0 Å². The lowest BCUT2D eigenvalue weighted by molar-refractivity contribution is 0.751. The van der Waals surface area contributed by atoms with Crippen LogP contribution in [0.1, 0.15) is 24.1 Å². The van der Waals surface area contributed by atoms with Gasteiger partial charge < -0.3 is 4.57 Å². The molecule has 0 atom stereocenters. The maximum atomic E-state index is 4.22. The SMILES string of the molecule is C=C1CCCc2c1c1ccc(Br)cc1n2C. The van der Waals surface area contributed by atoms with Crippen molar-refractivity contribution in [1.29, 1.82) is 0 Å². The topological polar surface area (TPSA) is 4.93 Å². The number of hydrogen-bond acceptors (Lipinski definition) is 0. The molecule has 0 spiro atoms. The van der Waals surface area contributed by atoms with Gasteiger partial charge >= 0.3 is 0 Å². The summed E-state index contributed by atoms with van der Waals surface area (Å²) in [5, 5.41) is 1.35. The fourth-order valence-corrected chi connectivity index (χ4v) is 3.09. The standard InChI is InChI=1S/C14H14BrN/c1-9-4-3-5-12-14(9)11-7-6-10(15)8-13(11)16(12)2/h6-8H,1,3-5H2,2H3. The van der Waals surface area contributed by atoms with Gasteiger partial charge in [0.1, 0.15) is 0 Å². The monoisotopic (exact) mass is 275 g/mol. The molecule has 1 aliphatic rings. The lowest BCUT2D eigenvalue weighted by atomic mass is 9.91. The van der Waals surface area contributed by atoms with Crippen LogP contribution in [0.2, 0.25) is 0 Å². The van der Waals surface area contributed by atoms with Crippen LogP contribution in [0, 0.1) is 0 Å². The fourth-order valence-electron chi connectivity index (χ4n) is 2.74. The quantitative estimate of drug-likeness (QED) is 0.676. The third-order valence-corrected chi connectivity index (χ3v) is 4.02. The van der Waals surface area contributed by atoms with Crippen LogP contribution >= 0.6 is 15.9 Å². The van der Waals surface area contributed by atoms with Crippen LogP contribution in [0.5, 0.6) is 0 Å². The van der Waals surface area contributed by atoms with Crippen LogP contribution < -0.4 is 0 Å². The second-order valence-electron chi connectivity index (χ2n) is 4.50. The molecule has 2 aromatic rings. The van der Waals surface area contributed by atoms with Crippen LogP contribution in [0.25, 0.3) is 16.5 Å². The third kappa shape index (κ3) is 1.29. The van der Waals surface area contributed by atoms with E-state index >= 15 is 0 Å². The van der Waals surface area contributed by atoms with E-state index < -0.39 is 0 Å². The van der Waals surface area contributed by atoms with E-state index in [2.05, 4.69) is 52.3 Å². The van der Waals surface area contributed by atoms with Gasteiger partial charge in [-0.15, -0.1) is 0 Å². The molecule has 1 aromatic carbocycles. The molecule has 0 saturated heterocycles.